The summed E-state index contributed by atoms with van der Waals surface area (Å²) in [5.74, 6) is 0. The van der Waals surface area contributed by atoms with Crippen molar-refractivity contribution in [3.05, 3.63) is 92.2 Å². The molecule has 1 aliphatic rings. The van der Waals surface area contributed by atoms with Crippen LogP contribution >= 0.6 is 0 Å². The summed E-state index contributed by atoms with van der Waals surface area (Å²) in [6, 6.07) is 20.6. The molecule has 0 amide bonds. The second-order valence-electron chi connectivity index (χ2n) is 7.43. The van der Waals surface area contributed by atoms with Gasteiger partial charge in [0.05, 0.1) is 0 Å². The molecule has 1 fully saturated rings. The van der Waals surface area contributed by atoms with E-state index < -0.39 is 10.9 Å². The van der Waals surface area contributed by atoms with Gasteiger partial charge in [0.1, 0.15) is 11.4 Å². The van der Waals surface area contributed by atoms with E-state index in [0.717, 1.165) is 38.0 Å². The van der Waals surface area contributed by atoms with Crippen LogP contribution in [0.25, 0.3) is 0 Å². The fourth-order valence-corrected chi connectivity index (χ4v) is 3.77. The van der Waals surface area contributed by atoms with Gasteiger partial charge >= 0.3 is 0 Å². The van der Waals surface area contributed by atoms with Crippen LogP contribution in [0.15, 0.2) is 70.3 Å². The second kappa shape index (κ2) is 8.40. The van der Waals surface area contributed by atoms with E-state index in [1.807, 2.05) is 36.4 Å². The molecule has 4 rings (SSSR count). The number of anilines is 2. The normalized spacial score (nSPS) is 15.6. The number of hydrogen-bond donors (Lipinski definition) is 2. The third-order valence-electron chi connectivity index (χ3n) is 5.41. The van der Waals surface area contributed by atoms with E-state index in [1.54, 1.807) is 0 Å². The largest absolute Gasteiger partial charge is 0.377 e. The van der Waals surface area contributed by atoms with Gasteiger partial charge < -0.3 is 10.6 Å². The zero-order valence-corrected chi connectivity index (χ0v) is 15.9. The van der Waals surface area contributed by atoms with Crippen molar-refractivity contribution in [1.82, 2.24) is 4.90 Å². The van der Waals surface area contributed by atoms with Gasteiger partial charge in [0, 0.05) is 32.2 Å². The molecule has 2 N–H and O–H groups in total. The Kier molecular flexibility index (Phi) is 5.53. The highest BCUT2D eigenvalue weighted by atomic mass is 16.2. The number of nitrogens with zero attached hydrogens (tertiary/aromatic N) is 1. The average Bonchev–Trinajstić information content (AvgIpc) is 2.75. The Bertz CT molecular complexity index is 970. The third kappa shape index (κ3) is 4.15. The Morgan fingerprint density at radius 3 is 2.00 bits per heavy atom. The van der Waals surface area contributed by atoms with Crippen LogP contribution in [0.4, 0.5) is 11.4 Å². The van der Waals surface area contributed by atoms with Crippen molar-refractivity contribution in [3.63, 3.8) is 0 Å². The van der Waals surface area contributed by atoms with Crippen LogP contribution in [0.3, 0.4) is 0 Å². The summed E-state index contributed by atoms with van der Waals surface area (Å²) in [5, 5.41) is 6.46. The molecule has 1 saturated heterocycles. The molecule has 0 spiro atoms. The first-order chi connectivity index (χ1) is 13.7. The maximum absolute atomic E-state index is 12.0. The zero-order valence-electron chi connectivity index (χ0n) is 15.9. The number of benzene rings is 2. The summed E-state index contributed by atoms with van der Waals surface area (Å²) in [7, 11) is 0. The van der Waals surface area contributed by atoms with Gasteiger partial charge in [-0.15, -0.1) is 0 Å². The number of likely N-dealkylation sites (tertiary alicyclic amines) is 1. The molecule has 28 heavy (non-hydrogen) atoms. The van der Waals surface area contributed by atoms with Gasteiger partial charge in [-0.3, -0.25) is 14.5 Å². The van der Waals surface area contributed by atoms with E-state index in [1.165, 1.54) is 5.56 Å². The Morgan fingerprint density at radius 2 is 1.36 bits per heavy atom. The predicted molar refractivity (Wildman–Crippen MR) is 113 cm³/mol. The molecule has 0 aliphatic carbocycles. The maximum Gasteiger partial charge on any atom is 0.253 e. The van der Waals surface area contributed by atoms with Gasteiger partial charge in [-0.25, -0.2) is 0 Å². The monoisotopic (exact) mass is 375 g/mol. The molecular weight excluding hydrogens is 350 g/mol. The highest BCUT2D eigenvalue weighted by Gasteiger charge is 2.25. The van der Waals surface area contributed by atoms with Crippen molar-refractivity contribution in [2.45, 2.75) is 32.0 Å². The summed E-state index contributed by atoms with van der Waals surface area (Å²) in [5.41, 5.74) is 2.48. The predicted octanol–water partition coefficient (Wildman–Crippen LogP) is 2.97. The van der Waals surface area contributed by atoms with Crippen LogP contribution in [0.2, 0.25) is 0 Å². The molecule has 3 aromatic rings. The molecular formula is C23H25N3O2. The first-order valence-electron chi connectivity index (χ1n) is 9.84. The molecule has 1 aliphatic heterocycles. The van der Waals surface area contributed by atoms with E-state index in [2.05, 4.69) is 39.8 Å². The molecule has 0 atom stereocenters. The topological polar surface area (TPSA) is 61.4 Å². The van der Waals surface area contributed by atoms with Crippen LogP contribution in [0.1, 0.15) is 24.0 Å². The molecule has 144 valence electrons. The highest BCUT2D eigenvalue weighted by molar-refractivity contribution is 5.74. The fourth-order valence-electron chi connectivity index (χ4n) is 3.77. The quantitative estimate of drug-likeness (QED) is 0.622. The minimum atomic E-state index is -0.417. The lowest BCUT2D eigenvalue weighted by molar-refractivity contribution is 0.211. The Hall–Kier alpha value is -2.92. The van der Waals surface area contributed by atoms with E-state index in [0.29, 0.717) is 17.9 Å². The van der Waals surface area contributed by atoms with E-state index >= 15 is 0 Å². The van der Waals surface area contributed by atoms with Crippen molar-refractivity contribution < 1.29 is 0 Å². The number of rotatable bonds is 7. The third-order valence-corrected chi connectivity index (χ3v) is 5.41. The molecule has 0 radical (unpaired) electrons. The number of nitrogens with one attached hydrogen (secondary N) is 2. The molecule has 0 unspecified atom stereocenters. The fraction of sp³-hybridized carbons (Fsp3) is 0.304. The first kappa shape index (κ1) is 18.4. The summed E-state index contributed by atoms with van der Waals surface area (Å²) in [4.78, 5) is 26.4. The lowest BCUT2D eigenvalue weighted by atomic mass is 10.0. The minimum Gasteiger partial charge on any atom is -0.377 e. The highest BCUT2D eigenvalue weighted by Crippen LogP contribution is 2.21. The molecule has 0 saturated carbocycles. The van der Waals surface area contributed by atoms with Crippen molar-refractivity contribution in [1.29, 1.82) is 0 Å². The second-order valence-corrected chi connectivity index (χ2v) is 7.43. The summed E-state index contributed by atoms with van der Waals surface area (Å²) in [6.07, 6.45) is 1.92. The summed E-state index contributed by atoms with van der Waals surface area (Å²) >= 11 is 0. The Balaban J connectivity index is 1.31. The average molecular weight is 375 g/mol. The van der Waals surface area contributed by atoms with Crippen LogP contribution < -0.4 is 21.5 Å². The summed E-state index contributed by atoms with van der Waals surface area (Å²) in [6.45, 7) is 3.46. The van der Waals surface area contributed by atoms with Crippen LogP contribution in [0, 0.1) is 0 Å². The Labute approximate surface area is 164 Å². The zero-order chi connectivity index (χ0) is 19.3. The van der Waals surface area contributed by atoms with Gasteiger partial charge in [0.15, 0.2) is 0 Å². The molecule has 0 aromatic heterocycles. The summed E-state index contributed by atoms with van der Waals surface area (Å²) < 4.78 is 0. The van der Waals surface area contributed by atoms with Crippen molar-refractivity contribution in [3.8, 4) is 0 Å². The van der Waals surface area contributed by atoms with Crippen LogP contribution in [-0.2, 0) is 13.1 Å². The van der Waals surface area contributed by atoms with Crippen molar-refractivity contribution in [2.75, 3.05) is 23.7 Å². The molecule has 5 heteroatoms. The Morgan fingerprint density at radius 1 is 0.786 bits per heavy atom. The lowest BCUT2D eigenvalue weighted by Crippen LogP contribution is -2.43. The smallest absolute Gasteiger partial charge is 0.253 e. The molecule has 1 heterocycles. The van der Waals surface area contributed by atoms with E-state index in [4.69, 9.17) is 0 Å². The van der Waals surface area contributed by atoms with E-state index in [9.17, 15) is 9.59 Å². The first-order valence-corrected chi connectivity index (χ1v) is 9.84. The van der Waals surface area contributed by atoms with Crippen LogP contribution in [0.5, 0.6) is 0 Å². The van der Waals surface area contributed by atoms with Gasteiger partial charge in [-0.1, -0.05) is 60.7 Å². The van der Waals surface area contributed by atoms with Crippen molar-refractivity contribution >= 4 is 11.4 Å². The van der Waals surface area contributed by atoms with Gasteiger partial charge in [-0.05, 0) is 24.0 Å². The molecule has 0 bridgehead atoms. The van der Waals surface area contributed by atoms with Gasteiger partial charge in [0.25, 0.3) is 10.9 Å². The maximum atomic E-state index is 12.0. The van der Waals surface area contributed by atoms with Gasteiger partial charge in [-0.2, -0.15) is 0 Å². The number of piperidine rings is 1. The number of hydrogen-bond acceptors (Lipinski definition) is 5. The molecule has 5 nitrogen and oxygen atoms in total. The van der Waals surface area contributed by atoms with Crippen molar-refractivity contribution in [2.24, 2.45) is 0 Å². The SMILES string of the molecule is O=c1c(NCc2ccccc2)c(NC2CCN(Cc3ccccc3)CC2)c1=O. The molecule has 3 aromatic carbocycles. The van der Waals surface area contributed by atoms with Crippen LogP contribution in [-0.4, -0.2) is 24.0 Å². The standard InChI is InChI=1S/C23H25N3O2/c27-22-20(24-15-17-7-3-1-4-8-17)21(23(22)28)25-19-11-13-26(14-12-19)16-18-9-5-2-6-10-18/h1-10,19,24-25H,11-16H2. The van der Waals surface area contributed by atoms with E-state index in [-0.39, 0.29) is 6.04 Å². The minimum absolute atomic E-state index is 0.229. The lowest BCUT2D eigenvalue weighted by Gasteiger charge is -2.33. The van der Waals surface area contributed by atoms with Gasteiger partial charge in [0.2, 0.25) is 0 Å².